The van der Waals surface area contributed by atoms with Crippen LogP contribution >= 0.6 is 22.9 Å². The van der Waals surface area contributed by atoms with Crippen LogP contribution in [0.2, 0.25) is 5.02 Å². The number of amides is 2. The first-order valence-electron chi connectivity index (χ1n) is 10.0. The van der Waals surface area contributed by atoms with E-state index < -0.39 is 23.2 Å². The van der Waals surface area contributed by atoms with E-state index >= 15 is 0 Å². The molecule has 2 heterocycles. The Morgan fingerprint density at radius 2 is 1.79 bits per heavy atom. The summed E-state index contributed by atoms with van der Waals surface area (Å²) < 4.78 is 14.3. The standard InChI is InChI=1S/C23H18ClFN4O3S/c1-2-4-16-12-18(30)29-19(21(31)27-17-6-3-5-13(24)11-17)20(33-23(29)28-16)22(32)26-15-9-7-14(25)8-10-15/h3,5-12H,2,4H2,1H3,(H,26,32)(H,27,31). The largest absolute Gasteiger partial charge is 0.321 e. The molecule has 0 fully saturated rings. The third-order valence-electron chi connectivity index (χ3n) is 4.69. The van der Waals surface area contributed by atoms with Crippen LogP contribution < -0.4 is 16.2 Å². The van der Waals surface area contributed by atoms with Crippen LogP contribution in [-0.4, -0.2) is 21.2 Å². The molecule has 0 radical (unpaired) electrons. The van der Waals surface area contributed by atoms with E-state index in [4.69, 9.17) is 11.6 Å². The summed E-state index contributed by atoms with van der Waals surface area (Å²) in [7, 11) is 0. The Balaban J connectivity index is 1.80. The van der Waals surface area contributed by atoms with E-state index in [2.05, 4.69) is 15.6 Å². The Morgan fingerprint density at radius 3 is 2.48 bits per heavy atom. The number of anilines is 2. The van der Waals surface area contributed by atoms with E-state index in [1.165, 1.54) is 30.3 Å². The number of fused-ring (bicyclic) bond motifs is 1. The van der Waals surface area contributed by atoms with Crippen molar-refractivity contribution in [2.24, 2.45) is 0 Å². The van der Waals surface area contributed by atoms with Gasteiger partial charge in [0.25, 0.3) is 17.4 Å². The molecule has 0 saturated heterocycles. The van der Waals surface area contributed by atoms with E-state index in [9.17, 15) is 18.8 Å². The lowest BCUT2D eigenvalue weighted by Crippen LogP contribution is -2.25. The first kappa shape index (κ1) is 22.6. The van der Waals surface area contributed by atoms with Gasteiger partial charge in [-0.05, 0) is 48.9 Å². The molecule has 2 N–H and O–H groups in total. The maximum Gasteiger partial charge on any atom is 0.274 e. The summed E-state index contributed by atoms with van der Waals surface area (Å²) in [5.41, 5.74) is 0.718. The maximum absolute atomic E-state index is 13.2. The fraction of sp³-hybridized carbons (Fsp3) is 0.130. The minimum absolute atomic E-state index is 0.00268. The van der Waals surface area contributed by atoms with Crippen molar-refractivity contribution < 1.29 is 14.0 Å². The second-order valence-corrected chi connectivity index (χ2v) is 8.57. The monoisotopic (exact) mass is 484 g/mol. The van der Waals surface area contributed by atoms with Crippen molar-refractivity contribution in [2.75, 3.05) is 10.6 Å². The average molecular weight is 485 g/mol. The van der Waals surface area contributed by atoms with Crippen LogP contribution in [0, 0.1) is 5.82 Å². The molecule has 2 amide bonds. The Morgan fingerprint density at radius 1 is 1.06 bits per heavy atom. The second kappa shape index (κ2) is 9.51. The average Bonchev–Trinajstić information content (AvgIpc) is 3.16. The van der Waals surface area contributed by atoms with E-state index in [0.717, 1.165) is 22.2 Å². The SMILES string of the molecule is CCCc1cc(=O)n2c(C(=O)Nc3cccc(Cl)c3)c(C(=O)Nc3ccc(F)cc3)sc2n1. The molecule has 0 saturated carbocycles. The van der Waals surface area contributed by atoms with Gasteiger partial charge >= 0.3 is 0 Å². The molecule has 10 heteroatoms. The minimum Gasteiger partial charge on any atom is -0.321 e. The van der Waals surface area contributed by atoms with E-state index in [0.29, 0.717) is 28.5 Å². The van der Waals surface area contributed by atoms with Crippen LogP contribution in [0.3, 0.4) is 0 Å². The van der Waals surface area contributed by atoms with Gasteiger partial charge in [-0.1, -0.05) is 42.3 Å². The number of nitrogens with zero attached hydrogens (tertiary/aromatic N) is 2. The van der Waals surface area contributed by atoms with Crippen LogP contribution in [-0.2, 0) is 6.42 Å². The predicted octanol–water partition coefficient (Wildman–Crippen LogP) is 5.01. The van der Waals surface area contributed by atoms with Gasteiger partial charge < -0.3 is 10.6 Å². The highest BCUT2D eigenvalue weighted by molar-refractivity contribution is 7.19. The predicted molar refractivity (Wildman–Crippen MR) is 127 cm³/mol. The van der Waals surface area contributed by atoms with Crippen LogP contribution in [0.15, 0.2) is 59.4 Å². The summed E-state index contributed by atoms with van der Waals surface area (Å²) in [4.78, 5) is 43.9. The lowest BCUT2D eigenvalue weighted by Gasteiger charge is -2.08. The molecule has 0 aliphatic carbocycles. The molecule has 0 aliphatic rings. The number of aryl methyl sites for hydroxylation is 1. The summed E-state index contributed by atoms with van der Waals surface area (Å²) in [6.45, 7) is 1.96. The molecular formula is C23H18ClFN4O3S. The molecular weight excluding hydrogens is 467 g/mol. The highest BCUT2D eigenvalue weighted by atomic mass is 35.5. The quantitative estimate of drug-likeness (QED) is 0.402. The third-order valence-corrected chi connectivity index (χ3v) is 5.96. The zero-order valence-electron chi connectivity index (χ0n) is 17.4. The molecule has 0 spiro atoms. The second-order valence-electron chi connectivity index (χ2n) is 7.16. The fourth-order valence-corrected chi connectivity index (χ4v) is 4.48. The van der Waals surface area contributed by atoms with Gasteiger partial charge in [-0.2, -0.15) is 0 Å². The lowest BCUT2D eigenvalue weighted by molar-refractivity contribution is 0.0989. The Bertz CT molecular complexity index is 1420. The molecule has 0 atom stereocenters. The number of aromatic nitrogens is 2. The topological polar surface area (TPSA) is 92.6 Å². The van der Waals surface area contributed by atoms with Gasteiger partial charge in [-0.15, -0.1) is 0 Å². The van der Waals surface area contributed by atoms with Crippen LogP contribution in [0.1, 0.15) is 39.2 Å². The summed E-state index contributed by atoms with van der Waals surface area (Å²) in [6.07, 6.45) is 1.37. The van der Waals surface area contributed by atoms with E-state index in [1.807, 2.05) is 6.92 Å². The van der Waals surface area contributed by atoms with Crippen LogP contribution in [0.5, 0.6) is 0 Å². The van der Waals surface area contributed by atoms with E-state index in [1.54, 1.807) is 24.3 Å². The summed E-state index contributed by atoms with van der Waals surface area (Å²) in [5, 5.41) is 5.73. The zero-order chi connectivity index (χ0) is 23.5. The number of halogens is 2. The molecule has 168 valence electrons. The highest BCUT2D eigenvalue weighted by Gasteiger charge is 2.26. The Labute approximate surface area is 196 Å². The van der Waals surface area contributed by atoms with Gasteiger partial charge in [0, 0.05) is 28.2 Å². The Kier molecular flexibility index (Phi) is 6.52. The molecule has 4 rings (SSSR count). The first-order chi connectivity index (χ1) is 15.9. The number of carbonyl (C=O) groups is 2. The van der Waals surface area contributed by atoms with E-state index in [-0.39, 0.29) is 15.5 Å². The number of carbonyl (C=O) groups excluding carboxylic acids is 2. The molecule has 33 heavy (non-hydrogen) atoms. The lowest BCUT2D eigenvalue weighted by atomic mass is 10.2. The number of rotatable bonds is 6. The van der Waals surface area contributed by atoms with Gasteiger partial charge in [0.2, 0.25) is 0 Å². The van der Waals surface area contributed by atoms with Gasteiger partial charge in [-0.3, -0.25) is 14.4 Å². The van der Waals surface area contributed by atoms with Crippen molar-refractivity contribution in [1.82, 2.24) is 9.38 Å². The highest BCUT2D eigenvalue weighted by Crippen LogP contribution is 2.25. The van der Waals surface area contributed by atoms with Crippen molar-refractivity contribution >= 4 is 51.1 Å². The number of hydrogen-bond acceptors (Lipinski definition) is 5. The summed E-state index contributed by atoms with van der Waals surface area (Å²) in [5.74, 6) is -1.74. The number of thiazole rings is 1. The maximum atomic E-state index is 13.2. The van der Waals surface area contributed by atoms with Gasteiger partial charge in [-0.25, -0.2) is 13.8 Å². The van der Waals surface area contributed by atoms with Crippen molar-refractivity contribution in [3.05, 3.63) is 92.1 Å². The van der Waals surface area contributed by atoms with Gasteiger partial charge in [0.15, 0.2) is 4.96 Å². The molecule has 0 aliphatic heterocycles. The summed E-state index contributed by atoms with van der Waals surface area (Å²) >= 11 is 6.93. The normalized spacial score (nSPS) is 10.9. The molecule has 2 aromatic heterocycles. The zero-order valence-corrected chi connectivity index (χ0v) is 19.0. The summed E-state index contributed by atoms with van der Waals surface area (Å²) in [6, 6.07) is 13.1. The van der Waals surface area contributed by atoms with Crippen LogP contribution in [0.25, 0.3) is 4.96 Å². The molecule has 4 aromatic rings. The fourth-order valence-electron chi connectivity index (χ4n) is 3.24. The van der Waals surface area contributed by atoms with Crippen molar-refractivity contribution in [1.29, 1.82) is 0 Å². The van der Waals surface area contributed by atoms with Gasteiger partial charge in [0.1, 0.15) is 16.4 Å². The van der Waals surface area contributed by atoms with Crippen molar-refractivity contribution in [3.63, 3.8) is 0 Å². The molecule has 0 unspecified atom stereocenters. The number of nitrogens with one attached hydrogen (secondary N) is 2. The smallest absolute Gasteiger partial charge is 0.274 e. The molecule has 0 bridgehead atoms. The Hall–Kier alpha value is -3.56. The minimum atomic E-state index is -0.667. The number of hydrogen-bond donors (Lipinski definition) is 2. The third kappa shape index (κ3) is 4.94. The first-order valence-corrected chi connectivity index (χ1v) is 11.2. The van der Waals surface area contributed by atoms with Crippen LogP contribution in [0.4, 0.5) is 15.8 Å². The van der Waals surface area contributed by atoms with Crippen molar-refractivity contribution in [3.8, 4) is 0 Å². The van der Waals surface area contributed by atoms with Crippen molar-refractivity contribution in [2.45, 2.75) is 19.8 Å². The number of benzene rings is 2. The van der Waals surface area contributed by atoms with Gasteiger partial charge in [0.05, 0.1) is 0 Å². The molecule has 2 aromatic carbocycles. The molecule has 7 nitrogen and oxygen atoms in total.